The smallest absolute Gasteiger partial charge is 0.317 e. The first-order chi connectivity index (χ1) is 9.25. The molecule has 0 radical (unpaired) electrons. The summed E-state index contributed by atoms with van der Waals surface area (Å²) in [6, 6.07) is 8.13. The highest BCUT2D eigenvalue weighted by Gasteiger charge is 2.19. The monoisotopic (exact) mass is 258 g/mol. The van der Waals surface area contributed by atoms with Crippen molar-refractivity contribution in [2.24, 2.45) is 0 Å². The summed E-state index contributed by atoms with van der Waals surface area (Å²) in [6.07, 6.45) is 1.12. The van der Waals surface area contributed by atoms with Crippen LogP contribution in [-0.2, 0) is 6.54 Å². The van der Waals surface area contributed by atoms with Crippen LogP contribution in [0, 0.1) is 6.92 Å². The minimum Gasteiger partial charge on any atom is -0.336 e. The van der Waals surface area contributed by atoms with E-state index >= 15 is 0 Å². The van der Waals surface area contributed by atoms with E-state index in [-0.39, 0.29) is 6.03 Å². The van der Waals surface area contributed by atoms with Crippen molar-refractivity contribution in [1.29, 1.82) is 0 Å². The van der Waals surface area contributed by atoms with Crippen molar-refractivity contribution in [1.82, 2.24) is 19.8 Å². The first kappa shape index (κ1) is 12.0. The number of imidazole rings is 1. The third-order valence-electron chi connectivity index (χ3n) is 3.60. The fraction of sp³-hybridized carbons (Fsp3) is 0.429. The molecule has 0 spiro atoms. The van der Waals surface area contributed by atoms with E-state index in [1.807, 2.05) is 30.0 Å². The quantitative estimate of drug-likeness (QED) is 0.912. The SMILES string of the molecule is Cc1nc2ccccc2n1CCNC(=O)N1CCC1. The van der Waals surface area contributed by atoms with E-state index in [1.165, 1.54) is 0 Å². The summed E-state index contributed by atoms with van der Waals surface area (Å²) in [4.78, 5) is 18.0. The van der Waals surface area contributed by atoms with Crippen LogP contribution in [0.25, 0.3) is 11.0 Å². The Balaban J connectivity index is 1.64. The van der Waals surface area contributed by atoms with Crippen LogP contribution >= 0.6 is 0 Å². The Hall–Kier alpha value is -2.04. The van der Waals surface area contributed by atoms with Crippen LogP contribution in [0.3, 0.4) is 0 Å². The molecule has 1 aliphatic rings. The van der Waals surface area contributed by atoms with E-state index in [4.69, 9.17) is 0 Å². The molecule has 1 fully saturated rings. The summed E-state index contributed by atoms with van der Waals surface area (Å²) in [5, 5.41) is 2.95. The van der Waals surface area contributed by atoms with E-state index in [0.717, 1.165) is 42.9 Å². The topological polar surface area (TPSA) is 50.2 Å². The zero-order valence-electron chi connectivity index (χ0n) is 11.1. The molecule has 2 amide bonds. The third kappa shape index (κ3) is 2.28. The molecule has 0 saturated carbocycles. The van der Waals surface area contributed by atoms with Gasteiger partial charge in [-0.25, -0.2) is 9.78 Å². The van der Waals surface area contributed by atoms with E-state index in [1.54, 1.807) is 0 Å². The number of urea groups is 1. The van der Waals surface area contributed by atoms with Gasteiger partial charge in [0.25, 0.3) is 0 Å². The van der Waals surface area contributed by atoms with Crippen LogP contribution in [0.5, 0.6) is 0 Å². The minimum atomic E-state index is 0.0494. The first-order valence-electron chi connectivity index (χ1n) is 6.70. The number of aryl methyl sites for hydroxylation is 1. The van der Waals surface area contributed by atoms with E-state index in [9.17, 15) is 4.79 Å². The second kappa shape index (κ2) is 4.91. The van der Waals surface area contributed by atoms with Crippen LogP contribution < -0.4 is 5.32 Å². The highest BCUT2D eigenvalue weighted by molar-refractivity contribution is 5.76. The van der Waals surface area contributed by atoms with E-state index in [2.05, 4.69) is 20.9 Å². The Morgan fingerprint density at radius 2 is 2.16 bits per heavy atom. The number of nitrogens with zero attached hydrogens (tertiary/aromatic N) is 3. The molecule has 1 N–H and O–H groups in total. The summed E-state index contributed by atoms with van der Waals surface area (Å²) in [6.45, 7) is 5.16. The number of hydrogen-bond acceptors (Lipinski definition) is 2. The molecule has 19 heavy (non-hydrogen) atoms. The maximum atomic E-state index is 11.7. The van der Waals surface area contributed by atoms with Crippen molar-refractivity contribution in [3.05, 3.63) is 30.1 Å². The Labute approximate surface area is 112 Å². The van der Waals surface area contributed by atoms with Crippen LogP contribution in [-0.4, -0.2) is 40.1 Å². The van der Waals surface area contributed by atoms with Crippen molar-refractivity contribution >= 4 is 17.1 Å². The number of para-hydroxylation sites is 2. The molecule has 100 valence electrons. The Kier molecular flexibility index (Phi) is 3.11. The number of fused-ring (bicyclic) bond motifs is 1. The maximum Gasteiger partial charge on any atom is 0.317 e. The van der Waals surface area contributed by atoms with Crippen LogP contribution in [0.15, 0.2) is 24.3 Å². The molecule has 2 aromatic rings. The number of benzene rings is 1. The molecule has 0 bridgehead atoms. The van der Waals surface area contributed by atoms with Crippen molar-refractivity contribution in [2.45, 2.75) is 19.9 Å². The lowest BCUT2D eigenvalue weighted by Gasteiger charge is -2.30. The van der Waals surface area contributed by atoms with Gasteiger partial charge in [0.1, 0.15) is 5.82 Å². The number of likely N-dealkylation sites (tertiary alicyclic amines) is 1. The molecule has 1 saturated heterocycles. The molecule has 0 unspecified atom stereocenters. The second-order valence-corrected chi connectivity index (χ2v) is 4.87. The van der Waals surface area contributed by atoms with Crippen molar-refractivity contribution in [3.63, 3.8) is 0 Å². The van der Waals surface area contributed by atoms with Crippen molar-refractivity contribution in [3.8, 4) is 0 Å². The summed E-state index contributed by atoms with van der Waals surface area (Å²) in [5.74, 6) is 0.986. The molecule has 1 aromatic heterocycles. The average Bonchev–Trinajstić information content (AvgIpc) is 2.64. The van der Waals surface area contributed by atoms with Gasteiger partial charge in [0.15, 0.2) is 0 Å². The van der Waals surface area contributed by atoms with E-state index < -0.39 is 0 Å². The summed E-state index contributed by atoms with van der Waals surface area (Å²) < 4.78 is 2.14. The minimum absolute atomic E-state index is 0.0494. The highest BCUT2D eigenvalue weighted by atomic mass is 16.2. The number of aromatic nitrogens is 2. The van der Waals surface area contributed by atoms with Gasteiger partial charge in [-0.3, -0.25) is 0 Å². The average molecular weight is 258 g/mol. The molecule has 5 heteroatoms. The number of hydrogen-bond donors (Lipinski definition) is 1. The number of carbonyl (C=O) groups excluding carboxylic acids is 1. The van der Waals surface area contributed by atoms with Gasteiger partial charge in [0.05, 0.1) is 11.0 Å². The zero-order valence-corrected chi connectivity index (χ0v) is 11.1. The summed E-state index contributed by atoms with van der Waals surface area (Å²) in [5.41, 5.74) is 2.13. The van der Waals surface area contributed by atoms with Gasteiger partial charge in [-0.2, -0.15) is 0 Å². The second-order valence-electron chi connectivity index (χ2n) is 4.87. The molecule has 1 aromatic carbocycles. The number of carbonyl (C=O) groups is 1. The van der Waals surface area contributed by atoms with Crippen LogP contribution in [0.2, 0.25) is 0 Å². The zero-order chi connectivity index (χ0) is 13.2. The summed E-state index contributed by atoms with van der Waals surface area (Å²) in [7, 11) is 0. The van der Waals surface area contributed by atoms with E-state index in [0.29, 0.717) is 6.54 Å². The third-order valence-corrected chi connectivity index (χ3v) is 3.60. The van der Waals surface area contributed by atoms with Gasteiger partial charge in [-0.15, -0.1) is 0 Å². The standard InChI is InChI=1S/C14H18N4O/c1-11-16-12-5-2-3-6-13(12)18(11)10-7-15-14(19)17-8-4-9-17/h2-3,5-6H,4,7-10H2,1H3,(H,15,19). The maximum absolute atomic E-state index is 11.7. The van der Waals surface area contributed by atoms with Gasteiger partial charge in [0.2, 0.25) is 0 Å². The molecular formula is C14H18N4O. The van der Waals surface area contributed by atoms with Gasteiger partial charge < -0.3 is 14.8 Å². The fourth-order valence-electron chi connectivity index (χ4n) is 2.38. The molecule has 0 aliphatic carbocycles. The van der Waals surface area contributed by atoms with Gasteiger partial charge in [0, 0.05) is 26.2 Å². The number of rotatable bonds is 3. The van der Waals surface area contributed by atoms with Crippen molar-refractivity contribution < 1.29 is 4.79 Å². The largest absolute Gasteiger partial charge is 0.336 e. The van der Waals surface area contributed by atoms with Gasteiger partial charge in [-0.1, -0.05) is 12.1 Å². The molecular weight excluding hydrogens is 240 g/mol. The van der Waals surface area contributed by atoms with Crippen LogP contribution in [0.4, 0.5) is 4.79 Å². The Morgan fingerprint density at radius 3 is 2.89 bits per heavy atom. The van der Waals surface area contributed by atoms with Crippen molar-refractivity contribution in [2.75, 3.05) is 19.6 Å². The normalized spacial score (nSPS) is 14.5. The highest BCUT2D eigenvalue weighted by Crippen LogP contribution is 2.14. The van der Waals surface area contributed by atoms with Crippen LogP contribution in [0.1, 0.15) is 12.2 Å². The molecule has 3 rings (SSSR count). The lowest BCUT2D eigenvalue weighted by molar-refractivity contribution is 0.167. The molecule has 2 heterocycles. The fourth-order valence-corrected chi connectivity index (χ4v) is 2.38. The van der Waals surface area contributed by atoms with Gasteiger partial charge >= 0.3 is 6.03 Å². The number of nitrogens with one attached hydrogen (secondary N) is 1. The predicted molar refractivity (Wildman–Crippen MR) is 74.1 cm³/mol. The molecule has 5 nitrogen and oxygen atoms in total. The summed E-state index contributed by atoms with van der Waals surface area (Å²) >= 11 is 0. The Bertz CT molecular complexity index is 601. The predicted octanol–water partition coefficient (Wildman–Crippen LogP) is 1.76. The first-order valence-corrected chi connectivity index (χ1v) is 6.70. The van der Waals surface area contributed by atoms with Gasteiger partial charge in [-0.05, 0) is 25.5 Å². The lowest BCUT2D eigenvalue weighted by atomic mass is 10.2. The molecule has 1 aliphatic heterocycles. The lowest BCUT2D eigenvalue weighted by Crippen LogP contribution is -2.48. The Morgan fingerprint density at radius 1 is 1.37 bits per heavy atom. The molecule has 0 atom stereocenters. The number of amides is 2.